The highest BCUT2D eigenvalue weighted by atomic mass is 35.5. The molecule has 0 radical (unpaired) electrons. The molecular weight excluding hydrogens is 338 g/mol. The third kappa shape index (κ3) is 7.45. The fourth-order valence-corrected chi connectivity index (χ4v) is 2.84. The second-order valence-electron chi connectivity index (χ2n) is 7.82. The number of halogens is 1. The van der Waals surface area contributed by atoms with Crippen LogP contribution in [0.2, 0.25) is 5.02 Å². The second-order valence-corrected chi connectivity index (χ2v) is 8.26. The highest BCUT2D eigenvalue weighted by Crippen LogP contribution is 2.15. The predicted octanol–water partition coefficient (Wildman–Crippen LogP) is 2.80. The van der Waals surface area contributed by atoms with E-state index in [-0.39, 0.29) is 23.1 Å². The van der Waals surface area contributed by atoms with E-state index in [1.807, 2.05) is 27.9 Å². The van der Waals surface area contributed by atoms with Crippen molar-refractivity contribution >= 4 is 23.4 Å². The number of carbonyl (C=O) groups is 2. The minimum Gasteiger partial charge on any atom is -0.354 e. The molecule has 5 nitrogen and oxygen atoms in total. The van der Waals surface area contributed by atoms with Crippen LogP contribution in [0.15, 0.2) is 24.3 Å². The summed E-state index contributed by atoms with van der Waals surface area (Å²) in [5.74, 6) is -0.463. The van der Waals surface area contributed by atoms with Gasteiger partial charge < -0.3 is 15.5 Å². The van der Waals surface area contributed by atoms with Crippen molar-refractivity contribution in [2.24, 2.45) is 11.3 Å². The van der Waals surface area contributed by atoms with Gasteiger partial charge in [0.2, 0.25) is 5.91 Å². The Kier molecular flexibility index (Phi) is 7.90. The number of rotatable bonds is 8. The molecule has 0 bridgehead atoms. The lowest BCUT2D eigenvalue weighted by atomic mass is 9.92. The Morgan fingerprint density at radius 3 is 2.20 bits per heavy atom. The molecule has 0 saturated heterocycles. The van der Waals surface area contributed by atoms with Gasteiger partial charge in [0.05, 0.1) is 0 Å². The Hall–Kier alpha value is -1.59. The first-order valence-corrected chi connectivity index (χ1v) is 8.88. The maximum Gasteiger partial charge on any atom is 0.251 e. The van der Waals surface area contributed by atoms with Gasteiger partial charge in [-0.05, 0) is 49.7 Å². The van der Waals surface area contributed by atoms with E-state index in [0.717, 1.165) is 6.54 Å². The van der Waals surface area contributed by atoms with Crippen LogP contribution in [0.5, 0.6) is 0 Å². The Morgan fingerprint density at radius 2 is 1.72 bits per heavy atom. The maximum absolute atomic E-state index is 12.6. The number of nitrogens with zero attached hydrogens (tertiary/aromatic N) is 1. The summed E-state index contributed by atoms with van der Waals surface area (Å²) in [4.78, 5) is 27.1. The number of benzene rings is 1. The lowest BCUT2D eigenvalue weighted by molar-refractivity contribution is -0.124. The average molecular weight is 368 g/mol. The Morgan fingerprint density at radius 1 is 1.16 bits per heavy atom. The summed E-state index contributed by atoms with van der Waals surface area (Å²) < 4.78 is 0. The normalized spacial score (nSPS) is 13.0. The van der Waals surface area contributed by atoms with Crippen LogP contribution in [-0.2, 0) is 4.79 Å². The summed E-state index contributed by atoms with van der Waals surface area (Å²) >= 11 is 5.84. The van der Waals surface area contributed by atoms with Gasteiger partial charge in [-0.15, -0.1) is 0 Å². The van der Waals surface area contributed by atoms with Gasteiger partial charge in [0.25, 0.3) is 5.91 Å². The summed E-state index contributed by atoms with van der Waals surface area (Å²) in [6.07, 6.45) is 0. The fourth-order valence-electron chi connectivity index (χ4n) is 2.71. The molecule has 1 atom stereocenters. The van der Waals surface area contributed by atoms with E-state index in [1.165, 1.54) is 0 Å². The first-order valence-electron chi connectivity index (χ1n) is 8.51. The van der Waals surface area contributed by atoms with Crippen molar-refractivity contribution in [2.75, 3.05) is 27.2 Å². The molecular formula is C19H30ClN3O2. The zero-order chi connectivity index (χ0) is 19.2. The van der Waals surface area contributed by atoms with Crippen LogP contribution < -0.4 is 10.6 Å². The molecule has 1 aromatic carbocycles. The number of nitrogens with one attached hydrogen (secondary N) is 2. The predicted molar refractivity (Wildman–Crippen MR) is 103 cm³/mol. The molecule has 1 unspecified atom stereocenters. The third-order valence-corrected chi connectivity index (χ3v) is 4.08. The molecule has 2 N–H and O–H groups in total. The van der Waals surface area contributed by atoms with Crippen molar-refractivity contribution in [3.05, 3.63) is 34.9 Å². The molecule has 0 heterocycles. The van der Waals surface area contributed by atoms with E-state index in [0.29, 0.717) is 17.1 Å². The number of hydrogen-bond donors (Lipinski definition) is 2. The number of carbonyl (C=O) groups excluding carboxylic acids is 2. The lowest BCUT2D eigenvalue weighted by Crippen LogP contribution is -2.52. The van der Waals surface area contributed by atoms with Crippen molar-refractivity contribution < 1.29 is 9.59 Å². The summed E-state index contributed by atoms with van der Waals surface area (Å²) in [6, 6.07) is 6.02. The molecule has 140 valence electrons. The van der Waals surface area contributed by atoms with E-state index in [2.05, 4.69) is 29.4 Å². The average Bonchev–Trinajstić information content (AvgIpc) is 2.49. The van der Waals surface area contributed by atoms with Crippen LogP contribution in [0.1, 0.15) is 38.1 Å². The second kappa shape index (κ2) is 9.20. The van der Waals surface area contributed by atoms with Crippen LogP contribution in [0.4, 0.5) is 0 Å². The molecule has 0 aromatic heterocycles. The van der Waals surface area contributed by atoms with Crippen molar-refractivity contribution in [1.82, 2.24) is 15.5 Å². The van der Waals surface area contributed by atoms with Gasteiger partial charge in [0.15, 0.2) is 0 Å². The zero-order valence-electron chi connectivity index (χ0n) is 16.0. The van der Waals surface area contributed by atoms with Gasteiger partial charge in [0, 0.05) is 23.7 Å². The van der Waals surface area contributed by atoms with Crippen molar-refractivity contribution in [3.8, 4) is 0 Å². The Balaban J connectivity index is 2.71. The molecule has 6 heteroatoms. The van der Waals surface area contributed by atoms with Gasteiger partial charge in [0.1, 0.15) is 6.04 Å². The molecule has 0 fully saturated rings. The topological polar surface area (TPSA) is 61.4 Å². The monoisotopic (exact) mass is 367 g/mol. The molecule has 25 heavy (non-hydrogen) atoms. The van der Waals surface area contributed by atoms with Crippen LogP contribution in [0.25, 0.3) is 0 Å². The minimum atomic E-state index is -0.585. The molecule has 1 aromatic rings. The summed E-state index contributed by atoms with van der Waals surface area (Å²) in [6.45, 7) is 9.43. The van der Waals surface area contributed by atoms with Crippen LogP contribution in [-0.4, -0.2) is 49.9 Å². The molecule has 0 saturated carbocycles. The summed E-state index contributed by atoms with van der Waals surface area (Å²) in [5.41, 5.74) is 0.428. The lowest BCUT2D eigenvalue weighted by Gasteiger charge is -2.30. The molecule has 2 amide bonds. The van der Waals surface area contributed by atoms with Gasteiger partial charge in [-0.25, -0.2) is 0 Å². The highest BCUT2D eigenvalue weighted by molar-refractivity contribution is 6.30. The van der Waals surface area contributed by atoms with Gasteiger partial charge in [-0.2, -0.15) is 0 Å². The fraction of sp³-hybridized carbons (Fsp3) is 0.579. The highest BCUT2D eigenvalue weighted by Gasteiger charge is 2.27. The third-order valence-electron chi connectivity index (χ3n) is 3.83. The van der Waals surface area contributed by atoms with Crippen molar-refractivity contribution in [1.29, 1.82) is 0 Å². The van der Waals surface area contributed by atoms with Gasteiger partial charge in [-0.1, -0.05) is 39.3 Å². The first kappa shape index (κ1) is 21.5. The minimum absolute atomic E-state index is 0.0202. The van der Waals surface area contributed by atoms with Gasteiger partial charge >= 0.3 is 0 Å². The molecule has 0 aliphatic rings. The smallest absolute Gasteiger partial charge is 0.251 e. The molecule has 1 rings (SSSR count). The summed E-state index contributed by atoms with van der Waals surface area (Å²) in [5, 5.41) is 6.37. The molecule has 0 aliphatic carbocycles. The molecule has 0 aliphatic heterocycles. The SMILES string of the molecule is CC(C)C(NC(=O)c1ccc(Cl)cc1)C(=O)NCC(C)(C)CN(C)C. The van der Waals surface area contributed by atoms with Gasteiger partial charge in [-0.3, -0.25) is 9.59 Å². The Bertz CT molecular complexity index is 583. The molecule has 0 spiro atoms. The summed E-state index contributed by atoms with van der Waals surface area (Å²) in [7, 11) is 4.01. The van der Waals surface area contributed by atoms with Crippen LogP contribution in [0.3, 0.4) is 0 Å². The zero-order valence-corrected chi connectivity index (χ0v) is 16.8. The van der Waals surface area contributed by atoms with E-state index in [4.69, 9.17) is 11.6 Å². The van der Waals surface area contributed by atoms with E-state index < -0.39 is 6.04 Å². The number of hydrogen-bond acceptors (Lipinski definition) is 3. The standard InChI is InChI=1S/C19H30ClN3O2/c1-13(2)16(18(25)21-11-19(3,4)12-23(5)6)22-17(24)14-7-9-15(20)10-8-14/h7-10,13,16H,11-12H2,1-6H3,(H,21,25)(H,22,24). The van der Waals surface area contributed by atoms with Crippen LogP contribution in [0, 0.1) is 11.3 Å². The largest absolute Gasteiger partial charge is 0.354 e. The van der Waals surface area contributed by atoms with E-state index in [1.54, 1.807) is 24.3 Å². The quantitative estimate of drug-likeness (QED) is 0.742. The first-order chi connectivity index (χ1) is 11.5. The Labute approximate surface area is 156 Å². The van der Waals surface area contributed by atoms with E-state index in [9.17, 15) is 9.59 Å². The van der Waals surface area contributed by atoms with Crippen LogP contribution >= 0.6 is 11.6 Å². The van der Waals surface area contributed by atoms with E-state index >= 15 is 0 Å². The number of amides is 2. The van der Waals surface area contributed by atoms with Crippen molar-refractivity contribution in [2.45, 2.75) is 33.7 Å². The maximum atomic E-state index is 12.6. The van der Waals surface area contributed by atoms with Crippen molar-refractivity contribution in [3.63, 3.8) is 0 Å².